The quantitative estimate of drug-likeness (QED) is 0.485. The van der Waals surface area contributed by atoms with Gasteiger partial charge in [0.25, 0.3) is 0 Å². The van der Waals surface area contributed by atoms with Gasteiger partial charge < -0.3 is 10.1 Å². The molecule has 0 aliphatic rings. The Labute approximate surface area is 196 Å². The zero-order valence-electron chi connectivity index (χ0n) is 19.4. The minimum absolute atomic E-state index is 0.0843. The van der Waals surface area contributed by atoms with Crippen molar-refractivity contribution in [2.24, 2.45) is 0 Å². The van der Waals surface area contributed by atoms with Gasteiger partial charge in [0.2, 0.25) is 15.9 Å². The average molecular weight is 467 g/mol. The largest absolute Gasteiger partial charge is 0.494 e. The Hall–Kier alpha value is -3.16. The van der Waals surface area contributed by atoms with Crippen LogP contribution in [0.1, 0.15) is 29.2 Å². The van der Waals surface area contributed by atoms with E-state index >= 15 is 0 Å². The fraction of sp³-hybridized carbons (Fsp3) is 0.269. The lowest BCUT2D eigenvalue weighted by Crippen LogP contribution is -2.45. The molecule has 174 valence electrons. The molecule has 0 heterocycles. The van der Waals surface area contributed by atoms with Gasteiger partial charge in [-0.2, -0.15) is 4.72 Å². The van der Waals surface area contributed by atoms with E-state index < -0.39 is 22.0 Å². The Balaban J connectivity index is 1.89. The van der Waals surface area contributed by atoms with Gasteiger partial charge in [0.05, 0.1) is 11.5 Å². The first-order valence-corrected chi connectivity index (χ1v) is 12.4. The molecule has 0 radical (unpaired) electrons. The second-order valence-corrected chi connectivity index (χ2v) is 9.67. The van der Waals surface area contributed by atoms with Crippen LogP contribution in [0.15, 0.2) is 71.6 Å². The topological polar surface area (TPSA) is 84.5 Å². The molecule has 1 amide bonds. The summed E-state index contributed by atoms with van der Waals surface area (Å²) in [6, 6.07) is 18.6. The number of sulfonamides is 1. The van der Waals surface area contributed by atoms with Crippen molar-refractivity contribution < 1.29 is 17.9 Å². The third-order valence-corrected chi connectivity index (χ3v) is 6.98. The van der Waals surface area contributed by atoms with Crippen LogP contribution in [0.2, 0.25) is 0 Å². The van der Waals surface area contributed by atoms with Gasteiger partial charge >= 0.3 is 0 Å². The lowest BCUT2D eigenvalue weighted by Gasteiger charge is -2.20. The Kier molecular flexibility index (Phi) is 7.89. The van der Waals surface area contributed by atoms with Crippen LogP contribution in [-0.2, 0) is 21.2 Å². The zero-order chi connectivity index (χ0) is 24.0. The molecular formula is C26H30N2O4S. The first-order valence-electron chi connectivity index (χ1n) is 10.9. The summed E-state index contributed by atoms with van der Waals surface area (Å²) in [7, 11) is -3.96. The predicted octanol–water partition coefficient (Wildman–Crippen LogP) is 4.54. The maximum atomic E-state index is 13.2. The molecule has 3 rings (SSSR count). The van der Waals surface area contributed by atoms with Crippen LogP contribution in [0.25, 0.3) is 0 Å². The number of anilines is 1. The summed E-state index contributed by atoms with van der Waals surface area (Å²) in [6.45, 7) is 8.03. The van der Waals surface area contributed by atoms with Gasteiger partial charge in [-0.25, -0.2) is 8.42 Å². The van der Waals surface area contributed by atoms with E-state index in [4.69, 9.17) is 4.74 Å². The van der Waals surface area contributed by atoms with Crippen molar-refractivity contribution in [3.8, 4) is 5.75 Å². The number of carbonyl (C=O) groups excluding carboxylic acids is 1. The van der Waals surface area contributed by atoms with Crippen LogP contribution < -0.4 is 14.8 Å². The van der Waals surface area contributed by atoms with E-state index in [1.54, 1.807) is 19.1 Å². The molecule has 0 saturated heterocycles. The number of hydrogen-bond acceptors (Lipinski definition) is 4. The minimum atomic E-state index is -3.96. The van der Waals surface area contributed by atoms with E-state index in [0.29, 0.717) is 23.6 Å². The van der Waals surface area contributed by atoms with E-state index in [2.05, 4.69) is 10.0 Å². The molecule has 2 N–H and O–H groups in total. The normalized spacial score (nSPS) is 12.2. The highest BCUT2D eigenvalue weighted by Gasteiger charge is 2.27. The van der Waals surface area contributed by atoms with Crippen molar-refractivity contribution in [3.63, 3.8) is 0 Å². The molecule has 6 nitrogen and oxygen atoms in total. The summed E-state index contributed by atoms with van der Waals surface area (Å²) in [5.41, 5.74) is 4.20. The fourth-order valence-corrected chi connectivity index (χ4v) is 4.79. The third-order valence-electron chi connectivity index (χ3n) is 5.52. The Morgan fingerprint density at radius 1 is 0.939 bits per heavy atom. The molecule has 1 unspecified atom stereocenters. The summed E-state index contributed by atoms with van der Waals surface area (Å²) in [4.78, 5) is 13.3. The fourth-order valence-electron chi connectivity index (χ4n) is 3.51. The number of aryl methyl sites for hydroxylation is 2. The molecule has 1 atom stereocenters. The van der Waals surface area contributed by atoms with E-state index in [0.717, 1.165) is 16.7 Å². The van der Waals surface area contributed by atoms with Crippen LogP contribution >= 0.6 is 0 Å². The monoisotopic (exact) mass is 466 g/mol. The SMILES string of the molecule is CCOc1ccc(S(=O)(=O)NC(Cc2ccccc2)C(=O)Nc2cccc(C)c2C)cc1C. The van der Waals surface area contributed by atoms with Crippen molar-refractivity contribution in [1.29, 1.82) is 0 Å². The number of rotatable bonds is 9. The third kappa shape index (κ3) is 6.21. The maximum Gasteiger partial charge on any atom is 0.242 e. The van der Waals surface area contributed by atoms with Gasteiger partial charge in [-0.05, 0) is 80.6 Å². The van der Waals surface area contributed by atoms with Crippen LogP contribution in [0.4, 0.5) is 5.69 Å². The standard InChI is InChI=1S/C26H30N2O4S/c1-5-32-25-15-14-22(16-19(25)3)33(30,31)28-24(17-21-11-7-6-8-12-21)26(29)27-23-13-9-10-18(2)20(23)4/h6-16,24,28H,5,17H2,1-4H3,(H,27,29). The van der Waals surface area contributed by atoms with E-state index in [-0.39, 0.29) is 11.3 Å². The molecule has 0 aliphatic carbocycles. The molecule has 0 saturated carbocycles. The molecule has 3 aromatic rings. The average Bonchev–Trinajstić information content (AvgIpc) is 2.78. The first kappa shape index (κ1) is 24.5. The lowest BCUT2D eigenvalue weighted by molar-refractivity contribution is -0.117. The van der Waals surface area contributed by atoms with Gasteiger partial charge in [-0.1, -0.05) is 42.5 Å². The molecule has 3 aromatic carbocycles. The van der Waals surface area contributed by atoms with Gasteiger partial charge in [0, 0.05) is 5.69 Å². The Morgan fingerprint density at radius 3 is 2.33 bits per heavy atom. The Morgan fingerprint density at radius 2 is 1.67 bits per heavy atom. The number of benzene rings is 3. The second kappa shape index (κ2) is 10.6. The molecular weight excluding hydrogens is 436 g/mol. The van der Waals surface area contributed by atoms with Crippen LogP contribution in [-0.4, -0.2) is 27.0 Å². The minimum Gasteiger partial charge on any atom is -0.494 e. The van der Waals surface area contributed by atoms with Crippen LogP contribution in [0, 0.1) is 20.8 Å². The second-order valence-electron chi connectivity index (χ2n) is 7.96. The number of hydrogen-bond donors (Lipinski definition) is 2. The molecule has 33 heavy (non-hydrogen) atoms. The maximum absolute atomic E-state index is 13.2. The Bertz CT molecular complexity index is 1220. The molecule has 0 aromatic heterocycles. The number of amides is 1. The number of nitrogens with one attached hydrogen (secondary N) is 2. The smallest absolute Gasteiger partial charge is 0.242 e. The summed E-state index contributed by atoms with van der Waals surface area (Å²) >= 11 is 0. The highest BCUT2D eigenvalue weighted by atomic mass is 32.2. The molecule has 0 fully saturated rings. The number of carbonyl (C=O) groups is 1. The van der Waals surface area contributed by atoms with Crippen molar-refractivity contribution in [2.75, 3.05) is 11.9 Å². The van der Waals surface area contributed by atoms with Crippen molar-refractivity contribution in [3.05, 3.63) is 89.0 Å². The lowest BCUT2D eigenvalue weighted by atomic mass is 10.0. The van der Waals surface area contributed by atoms with Gasteiger partial charge in [0.1, 0.15) is 11.8 Å². The number of ether oxygens (including phenoxy) is 1. The predicted molar refractivity (Wildman–Crippen MR) is 131 cm³/mol. The van der Waals surface area contributed by atoms with Crippen molar-refractivity contribution >= 4 is 21.6 Å². The van der Waals surface area contributed by atoms with E-state index in [1.165, 1.54) is 6.07 Å². The first-order chi connectivity index (χ1) is 15.7. The van der Waals surface area contributed by atoms with E-state index in [1.807, 2.05) is 69.3 Å². The summed E-state index contributed by atoms with van der Waals surface area (Å²) < 4.78 is 34.5. The summed E-state index contributed by atoms with van der Waals surface area (Å²) in [6.07, 6.45) is 0.215. The van der Waals surface area contributed by atoms with Gasteiger partial charge in [-0.15, -0.1) is 0 Å². The van der Waals surface area contributed by atoms with E-state index in [9.17, 15) is 13.2 Å². The zero-order valence-corrected chi connectivity index (χ0v) is 20.2. The van der Waals surface area contributed by atoms with Crippen molar-refractivity contribution in [1.82, 2.24) is 4.72 Å². The van der Waals surface area contributed by atoms with Crippen LogP contribution in [0.3, 0.4) is 0 Å². The highest BCUT2D eigenvalue weighted by molar-refractivity contribution is 7.89. The molecule has 0 spiro atoms. The highest BCUT2D eigenvalue weighted by Crippen LogP contribution is 2.23. The molecule has 7 heteroatoms. The van der Waals surface area contributed by atoms with Gasteiger partial charge in [-0.3, -0.25) is 4.79 Å². The summed E-state index contributed by atoms with van der Waals surface area (Å²) in [5.74, 6) is 0.212. The molecule has 0 aliphatic heterocycles. The molecule has 0 bridgehead atoms. The summed E-state index contributed by atoms with van der Waals surface area (Å²) in [5, 5.41) is 2.90. The van der Waals surface area contributed by atoms with Crippen molar-refractivity contribution in [2.45, 2.75) is 45.1 Å². The van der Waals surface area contributed by atoms with Crippen LogP contribution in [0.5, 0.6) is 5.75 Å². The van der Waals surface area contributed by atoms with Gasteiger partial charge in [0.15, 0.2) is 0 Å².